The third-order valence-electron chi connectivity index (χ3n) is 5.53. The molecule has 2 aliphatic rings. The summed E-state index contributed by atoms with van der Waals surface area (Å²) in [5.74, 6) is -1.92. The predicted octanol–water partition coefficient (Wildman–Crippen LogP) is 2.21. The summed E-state index contributed by atoms with van der Waals surface area (Å²) >= 11 is 1.29. The minimum atomic E-state index is -1.08. The SMILES string of the molecule is N#CC(C(=O)NCC(=O)NC1CC1)c1nc2ccc(-c3ccc4c(c3)CNC4=O)cc2s1. The summed E-state index contributed by atoms with van der Waals surface area (Å²) in [7, 11) is 0. The fourth-order valence-electron chi connectivity index (χ4n) is 3.66. The number of aromatic nitrogens is 1. The Labute approximate surface area is 187 Å². The van der Waals surface area contributed by atoms with E-state index in [-0.39, 0.29) is 24.4 Å². The van der Waals surface area contributed by atoms with Gasteiger partial charge in [0.1, 0.15) is 5.01 Å². The van der Waals surface area contributed by atoms with E-state index in [1.807, 2.05) is 42.5 Å². The maximum Gasteiger partial charge on any atom is 0.251 e. The van der Waals surface area contributed by atoms with Gasteiger partial charge in [-0.3, -0.25) is 14.4 Å². The van der Waals surface area contributed by atoms with Crippen LogP contribution in [0.3, 0.4) is 0 Å². The molecule has 1 saturated carbocycles. The number of hydrogen-bond acceptors (Lipinski definition) is 6. The molecule has 5 rings (SSSR count). The molecule has 0 saturated heterocycles. The number of nitrogens with one attached hydrogen (secondary N) is 3. The number of fused-ring (bicyclic) bond motifs is 2. The number of amides is 3. The molecule has 1 aliphatic carbocycles. The number of hydrogen-bond donors (Lipinski definition) is 3. The molecule has 2 aromatic carbocycles. The third kappa shape index (κ3) is 3.92. The minimum absolute atomic E-state index is 0.0556. The Balaban J connectivity index is 1.34. The lowest BCUT2D eigenvalue weighted by molar-refractivity contribution is -0.126. The average Bonchev–Trinajstić information content (AvgIpc) is 3.38. The Hall–Kier alpha value is -3.77. The standard InChI is InChI=1S/C23H19N5O3S/c24-9-17(22(31)26-11-20(29)27-15-3-4-15)23-28-18-6-2-13(8-19(18)32-23)12-1-5-16-14(7-12)10-25-21(16)30/h1-2,5-8,15,17H,3-4,10-11H2,(H,25,30)(H,26,31)(H,27,29). The molecule has 1 aromatic heterocycles. The molecule has 8 nitrogen and oxygen atoms in total. The molecule has 1 fully saturated rings. The van der Waals surface area contributed by atoms with Gasteiger partial charge in [-0.15, -0.1) is 11.3 Å². The zero-order valence-corrected chi connectivity index (χ0v) is 17.8. The minimum Gasteiger partial charge on any atom is -0.352 e. The smallest absolute Gasteiger partial charge is 0.251 e. The molecule has 160 valence electrons. The van der Waals surface area contributed by atoms with Gasteiger partial charge in [-0.05, 0) is 53.8 Å². The van der Waals surface area contributed by atoms with E-state index in [2.05, 4.69) is 20.9 Å². The van der Waals surface area contributed by atoms with Crippen molar-refractivity contribution >= 4 is 39.3 Å². The van der Waals surface area contributed by atoms with Crippen LogP contribution in [-0.2, 0) is 16.1 Å². The van der Waals surface area contributed by atoms with Crippen molar-refractivity contribution in [2.75, 3.05) is 6.54 Å². The monoisotopic (exact) mass is 445 g/mol. The highest BCUT2D eigenvalue weighted by atomic mass is 32.1. The number of benzene rings is 2. The number of nitrogens with zero attached hydrogens (tertiary/aromatic N) is 2. The normalized spacial score (nSPS) is 15.5. The molecule has 3 N–H and O–H groups in total. The molecule has 0 bridgehead atoms. The second-order valence-electron chi connectivity index (χ2n) is 7.91. The van der Waals surface area contributed by atoms with Crippen LogP contribution in [0.2, 0.25) is 0 Å². The molecule has 1 atom stereocenters. The average molecular weight is 446 g/mol. The molecular weight excluding hydrogens is 426 g/mol. The molecule has 32 heavy (non-hydrogen) atoms. The van der Waals surface area contributed by atoms with Crippen LogP contribution in [0.5, 0.6) is 0 Å². The van der Waals surface area contributed by atoms with Crippen LogP contribution in [0.15, 0.2) is 36.4 Å². The predicted molar refractivity (Wildman–Crippen MR) is 119 cm³/mol. The summed E-state index contributed by atoms with van der Waals surface area (Å²) in [6.07, 6.45) is 1.93. The van der Waals surface area contributed by atoms with Crippen molar-refractivity contribution in [2.24, 2.45) is 0 Å². The van der Waals surface area contributed by atoms with Gasteiger partial charge >= 0.3 is 0 Å². The lowest BCUT2D eigenvalue weighted by Crippen LogP contribution is -2.39. The van der Waals surface area contributed by atoms with Gasteiger partial charge < -0.3 is 16.0 Å². The van der Waals surface area contributed by atoms with Gasteiger partial charge in [0.05, 0.1) is 22.8 Å². The first-order valence-corrected chi connectivity index (χ1v) is 11.1. The van der Waals surface area contributed by atoms with Crippen molar-refractivity contribution in [1.82, 2.24) is 20.9 Å². The fourth-order valence-corrected chi connectivity index (χ4v) is 4.71. The van der Waals surface area contributed by atoms with Gasteiger partial charge in [0.2, 0.25) is 11.8 Å². The first kappa shape index (κ1) is 20.2. The van der Waals surface area contributed by atoms with E-state index in [4.69, 9.17) is 0 Å². The quantitative estimate of drug-likeness (QED) is 0.537. The van der Waals surface area contributed by atoms with Gasteiger partial charge in [-0.25, -0.2) is 4.98 Å². The van der Waals surface area contributed by atoms with Crippen molar-refractivity contribution in [3.8, 4) is 17.2 Å². The van der Waals surface area contributed by atoms with Crippen molar-refractivity contribution in [3.05, 3.63) is 52.5 Å². The summed E-state index contributed by atoms with van der Waals surface area (Å²) in [5, 5.41) is 18.1. The van der Waals surface area contributed by atoms with Gasteiger partial charge in [-0.2, -0.15) is 5.26 Å². The van der Waals surface area contributed by atoms with Crippen LogP contribution in [0.4, 0.5) is 0 Å². The zero-order valence-electron chi connectivity index (χ0n) is 17.0. The van der Waals surface area contributed by atoms with E-state index in [1.165, 1.54) is 11.3 Å². The van der Waals surface area contributed by atoms with Crippen LogP contribution in [0.25, 0.3) is 21.3 Å². The Morgan fingerprint density at radius 1 is 1.22 bits per heavy atom. The molecule has 3 aromatic rings. The first-order chi connectivity index (χ1) is 15.5. The zero-order chi connectivity index (χ0) is 22.2. The molecule has 1 aliphatic heterocycles. The van der Waals surface area contributed by atoms with Crippen LogP contribution in [-0.4, -0.2) is 35.3 Å². The van der Waals surface area contributed by atoms with Gasteiger partial charge in [0.25, 0.3) is 5.91 Å². The van der Waals surface area contributed by atoms with Crippen molar-refractivity contribution in [3.63, 3.8) is 0 Å². The summed E-state index contributed by atoms with van der Waals surface area (Å²) in [4.78, 5) is 40.5. The van der Waals surface area contributed by atoms with E-state index < -0.39 is 11.8 Å². The largest absolute Gasteiger partial charge is 0.352 e. The molecule has 1 unspecified atom stereocenters. The van der Waals surface area contributed by atoms with E-state index >= 15 is 0 Å². The maximum absolute atomic E-state index is 12.5. The Morgan fingerprint density at radius 2 is 2.00 bits per heavy atom. The molecule has 0 radical (unpaired) electrons. The van der Waals surface area contributed by atoms with E-state index in [1.54, 1.807) is 0 Å². The van der Waals surface area contributed by atoms with Gasteiger partial charge in [0, 0.05) is 18.2 Å². The number of carbonyl (C=O) groups excluding carboxylic acids is 3. The molecule has 3 amide bonds. The number of thiazole rings is 1. The molecule has 2 heterocycles. The Bertz CT molecular complexity index is 1300. The van der Waals surface area contributed by atoms with Crippen LogP contribution in [0.1, 0.15) is 39.7 Å². The van der Waals surface area contributed by atoms with E-state index in [9.17, 15) is 19.6 Å². The highest BCUT2D eigenvalue weighted by Crippen LogP contribution is 2.32. The van der Waals surface area contributed by atoms with E-state index in [0.717, 1.165) is 34.2 Å². The highest BCUT2D eigenvalue weighted by Gasteiger charge is 2.27. The summed E-state index contributed by atoms with van der Waals surface area (Å²) in [6.45, 7) is 0.366. The van der Waals surface area contributed by atoms with E-state index in [0.29, 0.717) is 22.6 Å². The Kier molecular flexibility index (Phi) is 5.07. The fraction of sp³-hybridized carbons (Fsp3) is 0.261. The highest BCUT2D eigenvalue weighted by molar-refractivity contribution is 7.18. The summed E-state index contributed by atoms with van der Waals surface area (Å²) in [6, 6.07) is 13.7. The lowest BCUT2D eigenvalue weighted by atomic mass is 10.0. The topological polar surface area (TPSA) is 124 Å². The molecule has 9 heteroatoms. The van der Waals surface area contributed by atoms with Crippen LogP contribution < -0.4 is 16.0 Å². The first-order valence-electron chi connectivity index (χ1n) is 10.3. The van der Waals surface area contributed by atoms with Gasteiger partial charge in [-0.1, -0.05) is 12.1 Å². The molecule has 0 spiro atoms. The molecular formula is C23H19N5O3S. The lowest BCUT2D eigenvalue weighted by Gasteiger charge is -2.08. The van der Waals surface area contributed by atoms with Crippen LogP contribution in [0, 0.1) is 11.3 Å². The Morgan fingerprint density at radius 3 is 2.78 bits per heavy atom. The van der Waals surface area contributed by atoms with Crippen molar-refractivity contribution < 1.29 is 14.4 Å². The van der Waals surface area contributed by atoms with Crippen LogP contribution >= 0.6 is 11.3 Å². The number of carbonyl (C=O) groups is 3. The number of rotatable bonds is 6. The maximum atomic E-state index is 12.5. The second kappa shape index (κ2) is 8.05. The summed E-state index contributed by atoms with van der Waals surface area (Å²) in [5.41, 5.74) is 4.30. The second-order valence-corrected chi connectivity index (χ2v) is 8.97. The van der Waals surface area contributed by atoms with Crippen molar-refractivity contribution in [2.45, 2.75) is 31.3 Å². The third-order valence-corrected chi connectivity index (χ3v) is 6.61. The number of nitriles is 1. The van der Waals surface area contributed by atoms with Gasteiger partial charge in [0.15, 0.2) is 5.92 Å². The van der Waals surface area contributed by atoms with Crippen molar-refractivity contribution in [1.29, 1.82) is 5.26 Å². The summed E-state index contributed by atoms with van der Waals surface area (Å²) < 4.78 is 0.853.